The van der Waals surface area contributed by atoms with Crippen LogP contribution < -0.4 is 0 Å². The fraction of sp³-hybridized carbons (Fsp3) is 0.333. The van der Waals surface area contributed by atoms with Crippen LogP contribution in [0.25, 0.3) is 0 Å². The molecule has 0 fully saturated rings. The van der Waals surface area contributed by atoms with E-state index in [4.69, 9.17) is 0 Å². The lowest BCUT2D eigenvalue weighted by molar-refractivity contribution is 0.187. The van der Waals surface area contributed by atoms with E-state index in [-0.39, 0.29) is 10.9 Å². The normalized spacial score (nSPS) is 27.2. The Morgan fingerprint density at radius 3 is 2.92 bits per heavy atom. The first-order valence-electron chi connectivity index (χ1n) is 3.79. The van der Waals surface area contributed by atoms with E-state index in [0.29, 0.717) is 0 Å². The van der Waals surface area contributed by atoms with E-state index in [0.717, 1.165) is 16.5 Å². The van der Waals surface area contributed by atoms with E-state index >= 15 is 0 Å². The van der Waals surface area contributed by atoms with Crippen molar-refractivity contribution in [3.05, 3.63) is 33.8 Å². The van der Waals surface area contributed by atoms with E-state index in [1.54, 1.807) is 0 Å². The second-order valence-electron chi connectivity index (χ2n) is 3.01. The molecule has 0 spiro atoms. The zero-order chi connectivity index (χ0) is 8.72. The monoisotopic (exact) mass is 290 g/mol. The molecule has 1 aromatic rings. The van der Waals surface area contributed by atoms with Gasteiger partial charge in [-0.2, -0.15) is 0 Å². The highest BCUT2D eigenvalue weighted by Crippen LogP contribution is 2.36. The highest BCUT2D eigenvalue weighted by atomic mass is 79.9. The number of hydrogen-bond acceptors (Lipinski definition) is 1. The number of aliphatic hydroxyl groups is 1. The molecular formula is C9H8Br2O. The Hall–Kier alpha value is 0.140. The lowest BCUT2D eigenvalue weighted by atomic mass is 10.1. The molecule has 0 amide bonds. The van der Waals surface area contributed by atoms with Crippen molar-refractivity contribution in [2.75, 3.05) is 0 Å². The van der Waals surface area contributed by atoms with Gasteiger partial charge in [0, 0.05) is 9.30 Å². The summed E-state index contributed by atoms with van der Waals surface area (Å²) < 4.78 is 1.03. The molecule has 0 unspecified atom stereocenters. The van der Waals surface area contributed by atoms with Crippen LogP contribution in [-0.4, -0.2) is 9.93 Å². The second-order valence-corrected chi connectivity index (χ2v) is 5.10. The molecule has 12 heavy (non-hydrogen) atoms. The zero-order valence-corrected chi connectivity index (χ0v) is 9.47. The number of alkyl halides is 1. The van der Waals surface area contributed by atoms with Crippen LogP contribution in [0.1, 0.15) is 17.2 Å². The van der Waals surface area contributed by atoms with E-state index in [9.17, 15) is 5.11 Å². The highest BCUT2D eigenvalue weighted by Gasteiger charge is 2.28. The summed E-state index contributed by atoms with van der Waals surface area (Å²) >= 11 is 6.83. The molecule has 2 atom stereocenters. The molecular weight excluding hydrogens is 284 g/mol. The summed E-state index contributed by atoms with van der Waals surface area (Å²) in [6, 6.07) is 6.06. The molecule has 64 valence electrons. The molecule has 1 aliphatic rings. The van der Waals surface area contributed by atoms with Crippen LogP contribution >= 0.6 is 31.9 Å². The van der Waals surface area contributed by atoms with Crippen molar-refractivity contribution in [2.45, 2.75) is 17.4 Å². The van der Waals surface area contributed by atoms with Gasteiger partial charge >= 0.3 is 0 Å². The largest absolute Gasteiger partial charge is 0.387 e. The second kappa shape index (κ2) is 3.13. The molecule has 3 heteroatoms. The molecule has 0 saturated heterocycles. The van der Waals surface area contributed by atoms with Crippen LogP contribution in [0.15, 0.2) is 22.7 Å². The van der Waals surface area contributed by atoms with Crippen molar-refractivity contribution in [2.24, 2.45) is 0 Å². The number of fused-ring (bicyclic) bond motifs is 1. The summed E-state index contributed by atoms with van der Waals surface area (Å²) in [5.41, 5.74) is 2.29. The van der Waals surface area contributed by atoms with Crippen LogP contribution in [-0.2, 0) is 6.42 Å². The minimum Gasteiger partial charge on any atom is -0.387 e. The standard InChI is InChI=1S/C9H8Br2O/c10-6-2-1-5-3-8(11)9(12)7(5)4-6/h1-2,4,8-9,12H,3H2/t8-,9-/m0/s1. The maximum absolute atomic E-state index is 9.71. The van der Waals surface area contributed by atoms with Gasteiger partial charge in [0.15, 0.2) is 0 Å². The Kier molecular flexibility index (Phi) is 2.27. The van der Waals surface area contributed by atoms with Gasteiger partial charge in [0.05, 0.1) is 6.10 Å². The topological polar surface area (TPSA) is 20.2 Å². The Bertz CT molecular complexity index is 311. The lowest BCUT2D eigenvalue weighted by Gasteiger charge is -2.06. The number of halogens is 2. The smallest absolute Gasteiger partial charge is 0.0921 e. The zero-order valence-electron chi connectivity index (χ0n) is 6.30. The minimum absolute atomic E-state index is 0.182. The predicted octanol–water partition coefficient (Wildman–Crippen LogP) is 2.80. The average molecular weight is 292 g/mol. The highest BCUT2D eigenvalue weighted by molar-refractivity contribution is 9.10. The van der Waals surface area contributed by atoms with Gasteiger partial charge in [0.1, 0.15) is 0 Å². The van der Waals surface area contributed by atoms with Crippen LogP contribution in [0.5, 0.6) is 0 Å². The summed E-state index contributed by atoms with van der Waals surface area (Å²) in [4.78, 5) is 0.182. The van der Waals surface area contributed by atoms with Crippen LogP contribution in [0, 0.1) is 0 Å². The van der Waals surface area contributed by atoms with E-state index in [1.165, 1.54) is 5.56 Å². The van der Waals surface area contributed by atoms with Gasteiger partial charge in [-0.1, -0.05) is 37.9 Å². The summed E-state index contributed by atoms with van der Waals surface area (Å²) in [5, 5.41) is 9.71. The molecule has 1 aromatic carbocycles. The molecule has 1 nitrogen and oxygen atoms in total. The van der Waals surface area contributed by atoms with Gasteiger partial charge in [-0.3, -0.25) is 0 Å². The maximum Gasteiger partial charge on any atom is 0.0921 e. The summed E-state index contributed by atoms with van der Waals surface area (Å²) in [6.45, 7) is 0. The average Bonchev–Trinajstić information content (AvgIpc) is 2.31. The van der Waals surface area contributed by atoms with Crippen LogP contribution in [0.3, 0.4) is 0 Å². The van der Waals surface area contributed by atoms with Crippen molar-refractivity contribution in [1.82, 2.24) is 0 Å². The van der Waals surface area contributed by atoms with Crippen molar-refractivity contribution in [3.63, 3.8) is 0 Å². The first kappa shape index (κ1) is 8.73. The number of rotatable bonds is 0. The third-order valence-electron chi connectivity index (χ3n) is 2.18. The van der Waals surface area contributed by atoms with Gasteiger partial charge in [0.25, 0.3) is 0 Å². The first-order valence-corrected chi connectivity index (χ1v) is 5.50. The Labute approximate surface area is 88.0 Å². The molecule has 0 aliphatic heterocycles. The molecule has 0 heterocycles. The summed E-state index contributed by atoms with van der Waals surface area (Å²) in [5.74, 6) is 0. The molecule has 0 radical (unpaired) electrons. The molecule has 0 saturated carbocycles. The lowest BCUT2D eigenvalue weighted by Crippen LogP contribution is -2.03. The van der Waals surface area contributed by atoms with Gasteiger partial charge in [0.2, 0.25) is 0 Å². The van der Waals surface area contributed by atoms with Gasteiger partial charge < -0.3 is 5.11 Å². The fourth-order valence-electron chi connectivity index (χ4n) is 1.54. The SMILES string of the molecule is O[C@H]1c2cc(Br)ccc2C[C@@H]1Br. The third kappa shape index (κ3) is 1.34. The number of aliphatic hydroxyl groups excluding tert-OH is 1. The quantitative estimate of drug-likeness (QED) is 0.729. The van der Waals surface area contributed by atoms with E-state index in [2.05, 4.69) is 37.9 Å². The molecule has 0 aromatic heterocycles. The van der Waals surface area contributed by atoms with Gasteiger partial charge in [-0.25, -0.2) is 0 Å². The van der Waals surface area contributed by atoms with Crippen molar-refractivity contribution >= 4 is 31.9 Å². The summed E-state index contributed by atoms with van der Waals surface area (Å²) in [7, 11) is 0. The summed E-state index contributed by atoms with van der Waals surface area (Å²) in [6.07, 6.45) is 0.571. The first-order chi connectivity index (χ1) is 5.68. The van der Waals surface area contributed by atoms with Crippen molar-refractivity contribution in [3.8, 4) is 0 Å². The molecule has 1 N–H and O–H groups in total. The van der Waals surface area contributed by atoms with E-state index in [1.807, 2.05) is 12.1 Å². The molecule has 1 aliphatic carbocycles. The van der Waals surface area contributed by atoms with Crippen LogP contribution in [0.2, 0.25) is 0 Å². The fourth-order valence-corrected chi connectivity index (χ4v) is 2.56. The van der Waals surface area contributed by atoms with Crippen molar-refractivity contribution in [1.29, 1.82) is 0 Å². The maximum atomic E-state index is 9.71. The number of benzene rings is 1. The Morgan fingerprint density at radius 2 is 2.17 bits per heavy atom. The van der Waals surface area contributed by atoms with E-state index < -0.39 is 0 Å². The minimum atomic E-state index is -0.350. The number of hydrogen-bond donors (Lipinski definition) is 1. The van der Waals surface area contributed by atoms with Crippen LogP contribution in [0.4, 0.5) is 0 Å². The van der Waals surface area contributed by atoms with Gasteiger partial charge in [-0.15, -0.1) is 0 Å². The molecule has 0 bridgehead atoms. The van der Waals surface area contributed by atoms with Gasteiger partial charge in [-0.05, 0) is 29.7 Å². The van der Waals surface area contributed by atoms with Crippen molar-refractivity contribution < 1.29 is 5.11 Å². The Balaban J connectivity index is 2.48. The predicted molar refractivity (Wildman–Crippen MR) is 55.5 cm³/mol. The Morgan fingerprint density at radius 1 is 1.42 bits per heavy atom. The molecule has 2 rings (SSSR count). The third-order valence-corrected chi connectivity index (χ3v) is 3.50.